The van der Waals surface area contributed by atoms with E-state index in [1.165, 1.54) is 126 Å². The second kappa shape index (κ2) is 12.6. The molecule has 10 aromatic carbocycles. The third-order valence-corrected chi connectivity index (χ3v) is 16.7. The predicted molar refractivity (Wildman–Crippen MR) is 267 cm³/mol. The number of para-hydroxylation sites is 2. The molecule has 0 bridgehead atoms. The molecule has 0 amide bonds. The van der Waals surface area contributed by atoms with Crippen LogP contribution in [-0.2, 0) is 23.7 Å². The SMILES string of the molecule is c1ccc(C2(c3ccccc3)c3ccccc3N(c3cccc4c3sc3c5c(ccc34)C3(c4ccccc4-c4ccccc43)c3ccc4c6c(ccc-5c36)CC4)c3ccccc32)cc1. The van der Waals surface area contributed by atoms with Crippen molar-refractivity contribution in [2.24, 2.45) is 0 Å². The van der Waals surface area contributed by atoms with Gasteiger partial charge in [-0.2, -0.15) is 0 Å². The highest BCUT2D eigenvalue weighted by Gasteiger charge is 2.51. The molecular formula is C62H39NS. The van der Waals surface area contributed by atoms with Crippen molar-refractivity contribution < 1.29 is 0 Å². The Morgan fingerprint density at radius 2 is 0.844 bits per heavy atom. The van der Waals surface area contributed by atoms with Crippen LogP contribution in [0.4, 0.5) is 17.1 Å². The van der Waals surface area contributed by atoms with Crippen LogP contribution < -0.4 is 4.90 Å². The van der Waals surface area contributed by atoms with Gasteiger partial charge >= 0.3 is 0 Å². The smallest absolute Gasteiger partial charge is 0.0742 e. The zero-order valence-electron chi connectivity index (χ0n) is 35.0. The highest BCUT2D eigenvalue weighted by Crippen LogP contribution is 2.65. The van der Waals surface area contributed by atoms with Gasteiger partial charge in [0.2, 0.25) is 0 Å². The summed E-state index contributed by atoms with van der Waals surface area (Å²) in [5.74, 6) is 0. The number of hydrogen-bond acceptors (Lipinski definition) is 2. The molecule has 2 heterocycles. The third kappa shape index (κ3) is 4.12. The quantitative estimate of drug-likeness (QED) is 0.171. The van der Waals surface area contributed by atoms with Gasteiger partial charge in [0.25, 0.3) is 0 Å². The highest BCUT2D eigenvalue weighted by atomic mass is 32.1. The van der Waals surface area contributed by atoms with E-state index in [9.17, 15) is 0 Å². The van der Waals surface area contributed by atoms with E-state index in [0.717, 1.165) is 12.8 Å². The monoisotopic (exact) mass is 829 g/mol. The van der Waals surface area contributed by atoms with E-state index >= 15 is 0 Å². The fourth-order valence-corrected chi connectivity index (χ4v) is 14.5. The van der Waals surface area contributed by atoms with Crippen LogP contribution in [0.2, 0.25) is 0 Å². The van der Waals surface area contributed by atoms with Crippen molar-refractivity contribution in [3.8, 4) is 22.3 Å². The Bertz CT molecular complexity index is 3660. The number of hydrogen-bond donors (Lipinski definition) is 0. The first-order valence-corrected chi connectivity index (χ1v) is 23.5. The van der Waals surface area contributed by atoms with E-state index < -0.39 is 10.8 Å². The topological polar surface area (TPSA) is 3.24 Å². The Kier molecular flexibility index (Phi) is 6.87. The maximum atomic E-state index is 2.57. The van der Waals surface area contributed by atoms with E-state index in [4.69, 9.17) is 0 Å². The van der Waals surface area contributed by atoms with E-state index in [2.05, 4.69) is 217 Å². The molecule has 0 saturated heterocycles. The lowest BCUT2D eigenvalue weighted by molar-refractivity contribution is 0.731. The first-order chi connectivity index (χ1) is 31.8. The zero-order valence-corrected chi connectivity index (χ0v) is 35.8. The largest absolute Gasteiger partial charge is 0.308 e. The van der Waals surface area contributed by atoms with Crippen LogP contribution in [0.15, 0.2) is 212 Å². The van der Waals surface area contributed by atoms with Gasteiger partial charge in [0.05, 0.1) is 32.6 Å². The number of aryl methyl sites for hydroxylation is 2. The Labute approximate surface area is 376 Å². The van der Waals surface area contributed by atoms with E-state index in [1.807, 2.05) is 11.3 Å². The average Bonchev–Trinajstić information content (AvgIpc) is 4.06. The summed E-state index contributed by atoms with van der Waals surface area (Å²) in [5.41, 5.74) is 21.8. The van der Waals surface area contributed by atoms with Gasteiger partial charge in [0, 0.05) is 21.0 Å². The van der Waals surface area contributed by atoms with Gasteiger partial charge in [-0.15, -0.1) is 11.3 Å². The molecule has 0 unspecified atom stereocenters. The number of thiophene rings is 1. The van der Waals surface area contributed by atoms with E-state index in [-0.39, 0.29) is 0 Å². The second-order valence-electron chi connectivity index (χ2n) is 18.1. The van der Waals surface area contributed by atoms with Gasteiger partial charge in [0.1, 0.15) is 0 Å². The van der Waals surface area contributed by atoms with Crippen LogP contribution in [-0.4, -0.2) is 0 Å². The van der Waals surface area contributed by atoms with Crippen molar-refractivity contribution in [3.63, 3.8) is 0 Å². The minimum Gasteiger partial charge on any atom is -0.308 e. The maximum Gasteiger partial charge on any atom is 0.0742 e. The van der Waals surface area contributed by atoms with E-state index in [1.54, 1.807) is 0 Å². The summed E-state index contributed by atoms with van der Waals surface area (Å²) in [4.78, 5) is 2.57. The minimum absolute atomic E-state index is 0.439. The molecule has 1 nitrogen and oxygen atoms in total. The second-order valence-corrected chi connectivity index (χ2v) is 19.1. The standard InChI is InChI=1S/C62H39NS/c1-3-16-40(17-4-1)61(41-18-5-2-6-19-41)49-25-11-13-27-53(49)63(54-28-14-12-26-50(54)61)55-29-15-22-44-45-35-37-52-58(60(45)64-59(44)55)46-34-32-38-30-31-39-33-36-51(57(46)56(38)39)62(52)47-23-9-7-20-42(47)43-21-8-10-24-48(43)62/h1-29,32-37H,30-31H2. The molecular weight excluding hydrogens is 791 g/mol. The van der Waals surface area contributed by atoms with Gasteiger partial charge in [-0.1, -0.05) is 194 Å². The lowest BCUT2D eigenvalue weighted by Crippen LogP contribution is -2.37. The summed E-state index contributed by atoms with van der Waals surface area (Å²) < 4.78 is 2.67. The van der Waals surface area contributed by atoms with Crippen molar-refractivity contribution in [2.45, 2.75) is 23.7 Å². The van der Waals surface area contributed by atoms with Crippen molar-refractivity contribution in [1.29, 1.82) is 0 Å². The summed E-state index contributed by atoms with van der Waals surface area (Å²) in [6, 6.07) is 80.9. The van der Waals surface area contributed by atoms with Crippen LogP contribution in [0.25, 0.3) is 53.2 Å². The third-order valence-electron chi connectivity index (χ3n) is 15.4. The van der Waals surface area contributed by atoms with Gasteiger partial charge in [0.15, 0.2) is 0 Å². The van der Waals surface area contributed by atoms with Crippen LogP contribution in [0.1, 0.15) is 55.6 Å². The molecule has 2 heteroatoms. The molecule has 3 aliphatic carbocycles. The molecule has 1 spiro atoms. The van der Waals surface area contributed by atoms with Gasteiger partial charge in [-0.05, 0) is 114 Å². The van der Waals surface area contributed by atoms with E-state index in [0.29, 0.717) is 0 Å². The maximum absolute atomic E-state index is 2.57. The average molecular weight is 830 g/mol. The number of rotatable bonds is 3. The summed E-state index contributed by atoms with van der Waals surface area (Å²) in [5, 5.41) is 5.57. The summed E-state index contributed by atoms with van der Waals surface area (Å²) in [6.45, 7) is 0. The van der Waals surface area contributed by atoms with Gasteiger partial charge in [-0.25, -0.2) is 0 Å². The first-order valence-electron chi connectivity index (χ1n) is 22.6. The van der Waals surface area contributed by atoms with Crippen LogP contribution in [0, 0.1) is 0 Å². The molecule has 64 heavy (non-hydrogen) atoms. The van der Waals surface area contributed by atoms with Crippen LogP contribution >= 0.6 is 11.3 Å². The summed E-state index contributed by atoms with van der Waals surface area (Å²) in [6.07, 6.45) is 2.21. The number of nitrogens with zero attached hydrogens (tertiary/aromatic N) is 1. The molecule has 0 N–H and O–H groups in total. The Balaban J connectivity index is 1.05. The molecule has 1 aliphatic heterocycles. The molecule has 15 rings (SSSR count). The lowest BCUT2D eigenvalue weighted by atomic mass is 9.61. The minimum atomic E-state index is -0.519. The Morgan fingerprint density at radius 3 is 1.48 bits per heavy atom. The van der Waals surface area contributed by atoms with Crippen LogP contribution in [0.3, 0.4) is 0 Å². The fourth-order valence-electron chi connectivity index (χ4n) is 13.1. The molecule has 0 fully saturated rings. The molecule has 0 atom stereocenters. The number of fused-ring (bicyclic) bond motifs is 15. The van der Waals surface area contributed by atoms with Crippen molar-refractivity contribution in [2.75, 3.05) is 4.90 Å². The summed E-state index contributed by atoms with van der Waals surface area (Å²) in [7, 11) is 0. The number of benzene rings is 10. The van der Waals surface area contributed by atoms with Crippen molar-refractivity contribution in [3.05, 3.63) is 268 Å². The normalized spacial score (nSPS) is 15.3. The van der Waals surface area contributed by atoms with Gasteiger partial charge in [-0.3, -0.25) is 0 Å². The fraction of sp³-hybridized carbons (Fsp3) is 0.0645. The molecule has 298 valence electrons. The molecule has 1 aromatic heterocycles. The first kappa shape index (κ1) is 35.0. The Hall–Kier alpha value is -7.52. The van der Waals surface area contributed by atoms with Crippen molar-refractivity contribution >= 4 is 59.3 Å². The number of anilines is 3. The van der Waals surface area contributed by atoms with Gasteiger partial charge < -0.3 is 4.90 Å². The molecule has 0 radical (unpaired) electrons. The molecule has 4 aliphatic rings. The zero-order chi connectivity index (χ0) is 41.7. The Morgan fingerprint density at radius 1 is 0.328 bits per heavy atom. The molecule has 0 saturated carbocycles. The highest BCUT2D eigenvalue weighted by molar-refractivity contribution is 7.27. The van der Waals surface area contributed by atoms with Crippen molar-refractivity contribution in [1.82, 2.24) is 0 Å². The molecule has 11 aromatic rings. The predicted octanol–water partition coefficient (Wildman–Crippen LogP) is 15.8. The lowest BCUT2D eigenvalue weighted by Gasteiger charge is -2.46. The summed E-state index contributed by atoms with van der Waals surface area (Å²) >= 11 is 1.98. The van der Waals surface area contributed by atoms with Crippen LogP contribution in [0.5, 0.6) is 0 Å².